The maximum absolute atomic E-state index is 12.8. The summed E-state index contributed by atoms with van der Waals surface area (Å²) in [5.41, 5.74) is 8.77. The van der Waals surface area contributed by atoms with Crippen LogP contribution in [0.1, 0.15) is 44.2 Å². The number of esters is 1. The molecule has 37 heavy (non-hydrogen) atoms. The fraction of sp³-hybridized carbons (Fsp3) is 0.464. The Balaban J connectivity index is 0.000000886. The molecule has 1 aliphatic carbocycles. The zero-order valence-electron chi connectivity index (χ0n) is 22.2. The third-order valence-electron chi connectivity index (χ3n) is 6.64. The number of methoxy groups -OCH3 is 3. The molecule has 2 amide bonds. The molecular formula is C28H36N2O7. The highest BCUT2D eigenvalue weighted by molar-refractivity contribution is 5.83. The number of piperidine rings is 1. The van der Waals surface area contributed by atoms with Crippen molar-refractivity contribution in [3.05, 3.63) is 35.4 Å². The fourth-order valence-corrected chi connectivity index (χ4v) is 4.88. The van der Waals surface area contributed by atoms with Crippen LogP contribution in [-0.2, 0) is 27.2 Å². The summed E-state index contributed by atoms with van der Waals surface area (Å²) in [5.74, 6) is 1.73. The fourth-order valence-electron chi connectivity index (χ4n) is 4.88. The standard InChI is InChI=1S/C26H31NO6.C2H5NO/c1-16(28)27-12-10-17(11-13-27)26(29)33-20-8-9-21-18(14-20)6-5-7-19-15-22(30-2)24(31-3)25(32-4)23(19)21;1-2(3)4/h8-9,14-15,17H,5-7,10-13H2,1-4H3;1H3,(H2,3,4). The van der Waals surface area contributed by atoms with Gasteiger partial charge >= 0.3 is 5.97 Å². The van der Waals surface area contributed by atoms with Crippen molar-refractivity contribution < 1.29 is 33.3 Å². The van der Waals surface area contributed by atoms with Crippen LogP contribution in [0, 0.1) is 5.92 Å². The van der Waals surface area contributed by atoms with Gasteiger partial charge in [-0.25, -0.2) is 0 Å². The highest BCUT2D eigenvalue weighted by atomic mass is 16.5. The van der Waals surface area contributed by atoms with Crippen molar-refractivity contribution in [1.82, 2.24) is 4.90 Å². The van der Waals surface area contributed by atoms with Gasteiger partial charge in [0.2, 0.25) is 17.6 Å². The molecule has 1 saturated heterocycles. The highest BCUT2D eigenvalue weighted by Crippen LogP contribution is 2.49. The number of primary amides is 1. The Morgan fingerprint density at radius 2 is 1.51 bits per heavy atom. The lowest BCUT2D eigenvalue weighted by Crippen LogP contribution is -2.40. The molecule has 2 aromatic rings. The molecule has 0 unspecified atom stereocenters. The summed E-state index contributed by atoms with van der Waals surface area (Å²) >= 11 is 0. The Kier molecular flexibility index (Phi) is 9.38. The van der Waals surface area contributed by atoms with Crippen molar-refractivity contribution in [2.75, 3.05) is 34.4 Å². The van der Waals surface area contributed by atoms with Crippen LogP contribution in [0.25, 0.3) is 11.1 Å². The Bertz CT molecular complexity index is 1150. The zero-order valence-corrected chi connectivity index (χ0v) is 22.2. The Morgan fingerprint density at radius 3 is 2.08 bits per heavy atom. The van der Waals surface area contributed by atoms with Crippen molar-refractivity contribution in [2.45, 2.75) is 46.0 Å². The van der Waals surface area contributed by atoms with Crippen LogP contribution in [0.15, 0.2) is 24.3 Å². The van der Waals surface area contributed by atoms with Gasteiger partial charge in [-0.1, -0.05) is 6.07 Å². The van der Waals surface area contributed by atoms with Crippen LogP contribution in [0.5, 0.6) is 23.0 Å². The molecule has 0 radical (unpaired) electrons. The molecule has 1 fully saturated rings. The summed E-state index contributed by atoms with van der Waals surface area (Å²) in [6, 6.07) is 7.82. The van der Waals surface area contributed by atoms with Gasteiger partial charge in [0.1, 0.15) is 5.75 Å². The molecule has 0 atom stereocenters. The summed E-state index contributed by atoms with van der Waals surface area (Å²) in [4.78, 5) is 35.3. The second-order valence-corrected chi connectivity index (χ2v) is 9.16. The van der Waals surface area contributed by atoms with Gasteiger partial charge in [0.05, 0.1) is 27.2 Å². The van der Waals surface area contributed by atoms with Gasteiger partial charge in [0.25, 0.3) is 0 Å². The number of nitrogens with zero attached hydrogens (tertiary/aromatic N) is 1. The number of aryl methyl sites for hydroxylation is 2. The minimum absolute atomic E-state index is 0.0533. The average Bonchev–Trinajstić information content (AvgIpc) is 3.05. The minimum atomic E-state index is -0.333. The normalized spacial score (nSPS) is 14.7. The van der Waals surface area contributed by atoms with E-state index in [-0.39, 0.29) is 23.7 Å². The molecule has 4 rings (SSSR count). The molecule has 0 aromatic heterocycles. The van der Waals surface area contributed by atoms with Gasteiger partial charge in [-0.15, -0.1) is 0 Å². The number of hydrogen-bond donors (Lipinski definition) is 1. The lowest BCUT2D eigenvalue weighted by molar-refractivity contribution is -0.142. The van der Waals surface area contributed by atoms with Crippen LogP contribution in [0.2, 0.25) is 0 Å². The third kappa shape index (κ3) is 6.53. The molecule has 2 aromatic carbocycles. The number of carbonyl (C=O) groups is 3. The summed E-state index contributed by atoms with van der Waals surface area (Å²) in [6.45, 7) is 4.06. The number of fused-ring (bicyclic) bond motifs is 3. The van der Waals surface area contributed by atoms with E-state index in [1.54, 1.807) is 33.2 Å². The molecule has 9 nitrogen and oxygen atoms in total. The van der Waals surface area contributed by atoms with E-state index in [1.165, 1.54) is 6.92 Å². The van der Waals surface area contributed by atoms with Gasteiger partial charge in [-0.3, -0.25) is 14.4 Å². The van der Waals surface area contributed by atoms with Gasteiger partial charge in [-0.05, 0) is 67.0 Å². The van der Waals surface area contributed by atoms with Gasteiger partial charge in [-0.2, -0.15) is 0 Å². The van der Waals surface area contributed by atoms with Gasteiger partial charge in [0, 0.05) is 32.5 Å². The molecule has 200 valence electrons. The zero-order chi connectivity index (χ0) is 27.1. The SMILES string of the molecule is CC(N)=O.COc1cc2c(c(OC)c1OC)-c1ccc(OC(=O)C3CCN(C(C)=O)CC3)cc1CCC2. The van der Waals surface area contributed by atoms with Crippen molar-refractivity contribution in [2.24, 2.45) is 11.7 Å². The van der Waals surface area contributed by atoms with E-state index < -0.39 is 0 Å². The topological polar surface area (TPSA) is 117 Å². The maximum atomic E-state index is 12.8. The number of rotatable bonds is 5. The van der Waals surface area contributed by atoms with E-state index in [1.807, 2.05) is 24.3 Å². The van der Waals surface area contributed by atoms with Crippen LogP contribution >= 0.6 is 0 Å². The van der Waals surface area contributed by atoms with Crippen LogP contribution in [0.4, 0.5) is 0 Å². The van der Waals surface area contributed by atoms with Crippen LogP contribution in [-0.4, -0.2) is 57.1 Å². The van der Waals surface area contributed by atoms with Gasteiger partial charge in [0.15, 0.2) is 11.5 Å². The summed E-state index contributed by atoms with van der Waals surface area (Å²) in [5, 5.41) is 0. The molecule has 2 aliphatic rings. The number of carbonyl (C=O) groups excluding carboxylic acids is 3. The van der Waals surface area contributed by atoms with E-state index in [2.05, 4.69) is 5.73 Å². The highest BCUT2D eigenvalue weighted by Gasteiger charge is 2.29. The first-order valence-electron chi connectivity index (χ1n) is 12.4. The lowest BCUT2D eigenvalue weighted by atomic mass is 9.94. The van der Waals surface area contributed by atoms with Crippen molar-refractivity contribution in [1.29, 1.82) is 0 Å². The largest absolute Gasteiger partial charge is 0.493 e. The van der Waals surface area contributed by atoms with Crippen molar-refractivity contribution in [3.63, 3.8) is 0 Å². The predicted octanol–water partition coefficient (Wildman–Crippen LogP) is 3.52. The smallest absolute Gasteiger partial charge is 0.314 e. The maximum Gasteiger partial charge on any atom is 0.314 e. The summed E-state index contributed by atoms with van der Waals surface area (Å²) in [6.07, 6.45) is 3.97. The third-order valence-corrected chi connectivity index (χ3v) is 6.64. The predicted molar refractivity (Wildman–Crippen MR) is 139 cm³/mol. The second kappa shape index (κ2) is 12.5. The van der Waals surface area contributed by atoms with Crippen LogP contribution in [0.3, 0.4) is 0 Å². The molecule has 9 heteroatoms. The molecule has 2 N–H and O–H groups in total. The van der Waals surface area contributed by atoms with E-state index in [0.29, 0.717) is 48.9 Å². The Morgan fingerprint density at radius 1 is 0.892 bits per heavy atom. The first kappa shape index (κ1) is 27.8. The van der Waals surface area contributed by atoms with E-state index in [4.69, 9.17) is 18.9 Å². The minimum Gasteiger partial charge on any atom is -0.493 e. The van der Waals surface area contributed by atoms with Crippen molar-refractivity contribution >= 4 is 17.8 Å². The molecular weight excluding hydrogens is 476 g/mol. The van der Waals surface area contributed by atoms with Crippen molar-refractivity contribution in [3.8, 4) is 34.1 Å². The Labute approximate surface area is 217 Å². The number of ether oxygens (including phenoxy) is 4. The quantitative estimate of drug-likeness (QED) is 0.481. The molecule has 0 saturated carbocycles. The average molecular weight is 513 g/mol. The molecule has 1 aliphatic heterocycles. The first-order chi connectivity index (χ1) is 17.7. The first-order valence-corrected chi connectivity index (χ1v) is 12.4. The monoisotopic (exact) mass is 512 g/mol. The summed E-state index contributed by atoms with van der Waals surface area (Å²) in [7, 11) is 4.86. The van der Waals surface area contributed by atoms with Gasteiger partial charge < -0.3 is 29.6 Å². The number of nitrogens with two attached hydrogens (primary N) is 1. The van der Waals surface area contributed by atoms with E-state index >= 15 is 0 Å². The number of hydrogen-bond acceptors (Lipinski definition) is 7. The van der Waals surface area contributed by atoms with E-state index in [9.17, 15) is 14.4 Å². The number of benzene rings is 2. The molecule has 0 spiro atoms. The number of likely N-dealkylation sites (tertiary alicyclic amines) is 1. The lowest BCUT2D eigenvalue weighted by Gasteiger charge is -2.30. The van der Waals surface area contributed by atoms with E-state index in [0.717, 1.165) is 41.5 Å². The Hall–Kier alpha value is -3.75. The molecule has 1 heterocycles. The molecule has 0 bridgehead atoms. The second-order valence-electron chi connectivity index (χ2n) is 9.16. The van der Waals surface area contributed by atoms with Crippen LogP contribution < -0.4 is 24.7 Å². The number of amides is 2. The summed E-state index contributed by atoms with van der Waals surface area (Å²) < 4.78 is 22.7.